The Hall–Kier alpha value is -2.83. The number of benzene rings is 2. The number of carbonyl (C=O) groups excluding carboxylic acids is 2. The van der Waals surface area contributed by atoms with Gasteiger partial charge in [-0.15, -0.1) is 0 Å². The minimum atomic E-state index is -4.43. The van der Waals surface area contributed by atoms with Crippen molar-refractivity contribution < 1.29 is 22.8 Å². The third-order valence-corrected chi connectivity index (χ3v) is 3.82. The molecule has 2 aromatic rings. The van der Waals surface area contributed by atoms with E-state index in [-0.39, 0.29) is 31.0 Å². The van der Waals surface area contributed by atoms with E-state index in [0.29, 0.717) is 0 Å². The lowest BCUT2D eigenvalue weighted by Crippen LogP contribution is -2.35. The molecule has 2 N–H and O–H groups in total. The molecule has 0 aromatic heterocycles. The molecule has 7 heteroatoms. The van der Waals surface area contributed by atoms with Crippen LogP contribution in [0.5, 0.6) is 0 Å². The number of carbonyl (C=O) groups is 2. The van der Waals surface area contributed by atoms with Gasteiger partial charge >= 0.3 is 6.18 Å². The second-order valence-electron chi connectivity index (χ2n) is 5.78. The maximum Gasteiger partial charge on any atom is 0.416 e. The molecule has 0 aliphatic rings. The minimum absolute atomic E-state index is 0.129. The highest BCUT2D eigenvalue weighted by Gasteiger charge is 2.30. The molecular weight excluding hydrogens is 345 g/mol. The van der Waals surface area contributed by atoms with Gasteiger partial charge in [-0.2, -0.15) is 13.2 Å². The first-order valence-electron chi connectivity index (χ1n) is 8.04. The molecule has 0 spiro atoms. The summed E-state index contributed by atoms with van der Waals surface area (Å²) < 4.78 is 37.5. The number of nitrogens with one attached hydrogen (secondary N) is 2. The maximum absolute atomic E-state index is 12.5. The largest absolute Gasteiger partial charge is 0.416 e. The average molecular weight is 364 g/mol. The molecule has 0 radical (unpaired) electrons. The van der Waals surface area contributed by atoms with E-state index in [2.05, 4.69) is 10.6 Å². The summed E-state index contributed by atoms with van der Waals surface area (Å²) in [6.07, 6.45) is -4.18. The predicted octanol–water partition coefficient (Wildman–Crippen LogP) is 3.10. The molecule has 26 heavy (non-hydrogen) atoms. The van der Waals surface area contributed by atoms with Gasteiger partial charge in [-0.1, -0.05) is 24.3 Å². The highest BCUT2D eigenvalue weighted by atomic mass is 19.4. The van der Waals surface area contributed by atoms with Crippen molar-refractivity contribution in [3.63, 3.8) is 0 Å². The van der Waals surface area contributed by atoms with Crippen molar-refractivity contribution in [1.29, 1.82) is 0 Å². The zero-order valence-corrected chi connectivity index (χ0v) is 14.2. The quantitative estimate of drug-likeness (QED) is 0.774. The fourth-order valence-corrected chi connectivity index (χ4v) is 2.33. The molecule has 2 amide bonds. The van der Waals surface area contributed by atoms with E-state index in [1.807, 2.05) is 31.2 Å². The first-order chi connectivity index (χ1) is 12.3. The van der Waals surface area contributed by atoms with Crippen molar-refractivity contribution in [1.82, 2.24) is 10.6 Å². The molecule has 0 atom stereocenters. The Balaban J connectivity index is 1.74. The van der Waals surface area contributed by atoms with Gasteiger partial charge in [0.05, 0.1) is 12.0 Å². The summed E-state index contributed by atoms with van der Waals surface area (Å²) in [5, 5.41) is 5.24. The molecule has 138 valence electrons. The average Bonchev–Trinajstić information content (AvgIpc) is 2.60. The van der Waals surface area contributed by atoms with E-state index in [1.54, 1.807) is 0 Å². The lowest BCUT2D eigenvalue weighted by atomic mass is 10.1. The Kier molecular flexibility index (Phi) is 6.38. The second kappa shape index (κ2) is 8.51. The smallest absolute Gasteiger partial charge is 0.354 e. The summed E-state index contributed by atoms with van der Waals surface area (Å²) in [5.41, 5.74) is 1.28. The van der Waals surface area contributed by atoms with Gasteiger partial charge in [-0.3, -0.25) is 9.59 Å². The van der Waals surface area contributed by atoms with Crippen LogP contribution in [0.1, 0.15) is 27.0 Å². The van der Waals surface area contributed by atoms with Crippen molar-refractivity contribution in [2.75, 3.05) is 13.1 Å². The Morgan fingerprint density at radius 2 is 1.54 bits per heavy atom. The molecule has 0 heterocycles. The third-order valence-electron chi connectivity index (χ3n) is 3.82. The van der Waals surface area contributed by atoms with Gasteiger partial charge in [0.1, 0.15) is 0 Å². The van der Waals surface area contributed by atoms with Crippen LogP contribution >= 0.6 is 0 Å². The first-order valence-corrected chi connectivity index (χ1v) is 8.04. The molecule has 0 aliphatic heterocycles. The summed E-state index contributed by atoms with van der Waals surface area (Å²) in [5.74, 6) is -0.657. The molecule has 0 fully saturated rings. The van der Waals surface area contributed by atoms with Crippen molar-refractivity contribution in [3.05, 3.63) is 70.8 Å². The number of amides is 2. The Labute approximate surface area is 149 Å². The number of halogens is 3. The van der Waals surface area contributed by atoms with Gasteiger partial charge in [0.15, 0.2) is 0 Å². The number of alkyl halides is 3. The lowest BCUT2D eigenvalue weighted by molar-refractivity contribution is -0.137. The number of rotatable bonds is 6. The second-order valence-corrected chi connectivity index (χ2v) is 5.78. The van der Waals surface area contributed by atoms with Crippen molar-refractivity contribution in [3.8, 4) is 0 Å². The maximum atomic E-state index is 12.5. The standard InChI is InChI=1S/C19H19F3N2O2/c1-13-4-2-3-5-15(13)12-17(25)23-10-11-24-18(26)14-6-8-16(9-7-14)19(20,21)22/h2-9H,10-12H2,1H3,(H,23,25)(H,24,26). The SMILES string of the molecule is Cc1ccccc1CC(=O)NCCNC(=O)c1ccc(C(F)(F)F)cc1. The van der Waals surface area contributed by atoms with Gasteiger partial charge in [-0.25, -0.2) is 0 Å². The highest BCUT2D eigenvalue weighted by molar-refractivity contribution is 5.94. The lowest BCUT2D eigenvalue weighted by Gasteiger charge is -2.09. The zero-order chi connectivity index (χ0) is 19.2. The van der Waals surface area contributed by atoms with E-state index in [9.17, 15) is 22.8 Å². The minimum Gasteiger partial charge on any atom is -0.354 e. The summed E-state index contributed by atoms with van der Waals surface area (Å²) in [7, 11) is 0. The van der Waals surface area contributed by atoms with Crippen LogP contribution in [-0.2, 0) is 17.4 Å². The Bertz CT molecular complexity index is 771. The molecule has 2 rings (SSSR count). The Morgan fingerprint density at radius 3 is 2.15 bits per heavy atom. The van der Waals surface area contributed by atoms with Crippen LogP contribution in [0.15, 0.2) is 48.5 Å². The fraction of sp³-hybridized carbons (Fsp3) is 0.263. The van der Waals surface area contributed by atoms with Crippen molar-refractivity contribution in [2.45, 2.75) is 19.5 Å². The van der Waals surface area contributed by atoms with E-state index in [1.165, 1.54) is 0 Å². The molecule has 0 bridgehead atoms. The Morgan fingerprint density at radius 1 is 0.923 bits per heavy atom. The molecule has 0 saturated heterocycles. The van der Waals surface area contributed by atoms with E-state index >= 15 is 0 Å². The van der Waals surface area contributed by atoms with Crippen LogP contribution in [0.25, 0.3) is 0 Å². The summed E-state index contributed by atoms with van der Waals surface area (Å²) in [6.45, 7) is 2.34. The van der Waals surface area contributed by atoms with Crippen molar-refractivity contribution in [2.24, 2.45) is 0 Å². The van der Waals surface area contributed by atoms with Crippen LogP contribution in [0.3, 0.4) is 0 Å². The summed E-state index contributed by atoms with van der Waals surface area (Å²) in [6, 6.07) is 11.5. The third kappa shape index (κ3) is 5.61. The molecular formula is C19H19F3N2O2. The van der Waals surface area contributed by atoms with Crippen LogP contribution in [0, 0.1) is 6.92 Å². The number of aryl methyl sites for hydroxylation is 1. The number of hydrogen-bond acceptors (Lipinski definition) is 2. The number of hydrogen-bond donors (Lipinski definition) is 2. The van der Waals surface area contributed by atoms with E-state index in [0.717, 1.165) is 35.4 Å². The van der Waals surface area contributed by atoms with Gasteiger partial charge in [0.25, 0.3) is 5.91 Å². The van der Waals surface area contributed by atoms with E-state index in [4.69, 9.17) is 0 Å². The zero-order valence-electron chi connectivity index (χ0n) is 14.2. The highest BCUT2D eigenvalue weighted by Crippen LogP contribution is 2.29. The monoisotopic (exact) mass is 364 g/mol. The molecule has 0 saturated carbocycles. The predicted molar refractivity (Wildman–Crippen MR) is 91.7 cm³/mol. The molecule has 4 nitrogen and oxygen atoms in total. The van der Waals surface area contributed by atoms with E-state index < -0.39 is 17.6 Å². The molecule has 0 unspecified atom stereocenters. The van der Waals surface area contributed by atoms with Crippen LogP contribution in [0.4, 0.5) is 13.2 Å². The summed E-state index contributed by atoms with van der Waals surface area (Å²) in [4.78, 5) is 23.8. The first kappa shape index (κ1) is 19.5. The van der Waals surface area contributed by atoms with Gasteiger partial charge in [0, 0.05) is 18.7 Å². The van der Waals surface area contributed by atoms with Gasteiger partial charge in [-0.05, 0) is 42.3 Å². The summed E-state index contributed by atoms with van der Waals surface area (Å²) >= 11 is 0. The fourth-order valence-electron chi connectivity index (χ4n) is 2.33. The van der Waals surface area contributed by atoms with Crippen LogP contribution in [-0.4, -0.2) is 24.9 Å². The molecule has 2 aromatic carbocycles. The topological polar surface area (TPSA) is 58.2 Å². The van der Waals surface area contributed by atoms with Crippen LogP contribution < -0.4 is 10.6 Å². The van der Waals surface area contributed by atoms with Crippen LogP contribution in [0.2, 0.25) is 0 Å². The normalized spacial score (nSPS) is 11.1. The van der Waals surface area contributed by atoms with Crippen molar-refractivity contribution >= 4 is 11.8 Å². The molecule has 0 aliphatic carbocycles. The van der Waals surface area contributed by atoms with Gasteiger partial charge < -0.3 is 10.6 Å². The van der Waals surface area contributed by atoms with Gasteiger partial charge in [0.2, 0.25) is 5.91 Å².